The Morgan fingerprint density at radius 2 is 2.04 bits per heavy atom. The normalized spacial score (nSPS) is 25.4. The predicted molar refractivity (Wildman–Crippen MR) is 92.8 cm³/mol. The van der Waals surface area contributed by atoms with Crippen molar-refractivity contribution in [2.24, 2.45) is 11.7 Å². The molecule has 0 radical (unpaired) electrons. The van der Waals surface area contributed by atoms with Gasteiger partial charge in [-0.3, -0.25) is 19.8 Å². The number of nitrogens with two attached hydrogens (primary N) is 1. The number of likely N-dealkylation sites (tertiary alicyclic amines) is 1. The van der Waals surface area contributed by atoms with Gasteiger partial charge in [0.25, 0.3) is 0 Å². The Kier molecular flexibility index (Phi) is 8.44. The van der Waals surface area contributed by atoms with Crippen molar-refractivity contribution in [3.05, 3.63) is 0 Å². The first-order valence-corrected chi connectivity index (χ1v) is 8.33. The summed E-state index contributed by atoms with van der Waals surface area (Å²) in [6.07, 6.45) is 3.93. The average molecular weight is 362 g/mol. The molecule has 0 spiro atoms. The van der Waals surface area contributed by atoms with E-state index in [1.807, 2.05) is 4.90 Å². The SMILES string of the molecule is CC(C(=O)NC(N)=O)N1CCCC(CNC(=O)C2CCCN2)C1.Cl. The zero-order valence-corrected chi connectivity index (χ0v) is 14.9. The molecule has 0 saturated carbocycles. The molecule has 2 fully saturated rings. The topological polar surface area (TPSA) is 117 Å². The molecule has 8 nitrogen and oxygen atoms in total. The number of urea groups is 1. The Morgan fingerprint density at radius 1 is 1.29 bits per heavy atom. The minimum absolute atomic E-state index is 0. The zero-order chi connectivity index (χ0) is 16.8. The maximum atomic E-state index is 12.0. The number of nitrogens with zero attached hydrogens (tertiary/aromatic N) is 1. The number of nitrogens with one attached hydrogen (secondary N) is 3. The third-order valence-electron chi connectivity index (χ3n) is 4.67. The molecule has 0 bridgehead atoms. The van der Waals surface area contributed by atoms with Crippen LogP contribution in [0.25, 0.3) is 0 Å². The Bertz CT molecular complexity index is 456. The lowest BCUT2D eigenvalue weighted by Crippen LogP contribution is -2.52. The Morgan fingerprint density at radius 3 is 2.67 bits per heavy atom. The summed E-state index contributed by atoms with van der Waals surface area (Å²) < 4.78 is 0. The highest BCUT2D eigenvalue weighted by Gasteiger charge is 2.29. The fourth-order valence-corrected chi connectivity index (χ4v) is 3.28. The van der Waals surface area contributed by atoms with E-state index in [1.165, 1.54) is 0 Å². The number of hydrogen-bond acceptors (Lipinski definition) is 5. The lowest BCUT2D eigenvalue weighted by molar-refractivity contribution is -0.126. The van der Waals surface area contributed by atoms with Crippen molar-refractivity contribution in [1.29, 1.82) is 0 Å². The lowest BCUT2D eigenvalue weighted by atomic mass is 9.96. The summed E-state index contributed by atoms with van der Waals surface area (Å²) in [5, 5.41) is 8.32. The van der Waals surface area contributed by atoms with E-state index in [-0.39, 0.29) is 30.3 Å². The van der Waals surface area contributed by atoms with Gasteiger partial charge in [-0.05, 0) is 51.6 Å². The highest BCUT2D eigenvalue weighted by atomic mass is 35.5. The third-order valence-corrected chi connectivity index (χ3v) is 4.67. The van der Waals surface area contributed by atoms with Crippen LogP contribution < -0.4 is 21.7 Å². The number of carbonyl (C=O) groups is 3. The van der Waals surface area contributed by atoms with E-state index < -0.39 is 12.1 Å². The first-order chi connectivity index (χ1) is 11.0. The number of amides is 4. The van der Waals surface area contributed by atoms with Gasteiger partial charge in [0, 0.05) is 13.1 Å². The van der Waals surface area contributed by atoms with Crippen LogP contribution in [-0.4, -0.2) is 61.0 Å². The van der Waals surface area contributed by atoms with Crippen molar-refractivity contribution in [1.82, 2.24) is 20.9 Å². The maximum absolute atomic E-state index is 12.0. The van der Waals surface area contributed by atoms with E-state index in [9.17, 15) is 14.4 Å². The monoisotopic (exact) mass is 361 g/mol. The summed E-state index contributed by atoms with van der Waals surface area (Å²) in [6.45, 7) is 4.83. The number of imide groups is 1. The van der Waals surface area contributed by atoms with E-state index >= 15 is 0 Å². The molecule has 2 saturated heterocycles. The molecule has 2 rings (SSSR count). The van der Waals surface area contributed by atoms with Gasteiger partial charge in [-0.15, -0.1) is 12.4 Å². The van der Waals surface area contributed by atoms with Gasteiger partial charge in [-0.25, -0.2) is 4.79 Å². The van der Waals surface area contributed by atoms with Crippen LogP contribution in [0.4, 0.5) is 4.79 Å². The molecule has 0 aromatic carbocycles. The van der Waals surface area contributed by atoms with E-state index in [1.54, 1.807) is 6.92 Å². The fraction of sp³-hybridized carbons (Fsp3) is 0.800. The predicted octanol–water partition coefficient (Wildman–Crippen LogP) is -0.428. The number of rotatable bonds is 5. The van der Waals surface area contributed by atoms with Crippen LogP contribution in [0.1, 0.15) is 32.6 Å². The van der Waals surface area contributed by atoms with Gasteiger partial charge < -0.3 is 16.4 Å². The Labute approximate surface area is 148 Å². The number of primary amides is 1. The minimum atomic E-state index is -0.827. The number of halogens is 1. The summed E-state index contributed by atoms with van der Waals surface area (Å²) in [6, 6.07) is -1.29. The van der Waals surface area contributed by atoms with Gasteiger partial charge >= 0.3 is 6.03 Å². The van der Waals surface area contributed by atoms with Gasteiger partial charge in [0.15, 0.2) is 0 Å². The van der Waals surface area contributed by atoms with E-state index in [4.69, 9.17) is 5.73 Å². The Hall–Kier alpha value is -1.38. The highest BCUT2D eigenvalue weighted by Crippen LogP contribution is 2.18. The molecule has 3 unspecified atom stereocenters. The van der Waals surface area contributed by atoms with Crippen LogP contribution in [0.15, 0.2) is 0 Å². The molecular formula is C15H28ClN5O3. The second-order valence-electron chi connectivity index (χ2n) is 6.43. The standard InChI is InChI=1S/C15H27N5O3.ClH/c1-10(13(21)19-15(16)23)20-7-3-4-11(9-20)8-18-14(22)12-5-2-6-17-12;/h10-12,17H,2-9H2,1H3,(H,18,22)(H3,16,19,21,23);1H. The number of piperidine rings is 1. The molecule has 0 aliphatic carbocycles. The fourth-order valence-electron chi connectivity index (χ4n) is 3.28. The van der Waals surface area contributed by atoms with Crippen LogP contribution in [0.3, 0.4) is 0 Å². The van der Waals surface area contributed by atoms with Gasteiger partial charge in [0.05, 0.1) is 12.1 Å². The second kappa shape index (κ2) is 9.80. The van der Waals surface area contributed by atoms with Crippen LogP contribution >= 0.6 is 12.4 Å². The van der Waals surface area contributed by atoms with E-state index in [0.29, 0.717) is 12.5 Å². The van der Waals surface area contributed by atoms with Gasteiger partial charge in [0.1, 0.15) is 0 Å². The van der Waals surface area contributed by atoms with Gasteiger partial charge in [-0.2, -0.15) is 0 Å². The lowest BCUT2D eigenvalue weighted by Gasteiger charge is -2.36. The molecule has 5 N–H and O–H groups in total. The van der Waals surface area contributed by atoms with Gasteiger partial charge in [-0.1, -0.05) is 0 Å². The zero-order valence-electron chi connectivity index (χ0n) is 14.0. The first-order valence-electron chi connectivity index (χ1n) is 8.33. The third kappa shape index (κ3) is 5.92. The summed E-state index contributed by atoms with van der Waals surface area (Å²) in [4.78, 5) is 36.7. The first kappa shape index (κ1) is 20.7. The van der Waals surface area contributed by atoms with Crippen LogP contribution in [0.2, 0.25) is 0 Å². The number of hydrogen-bond donors (Lipinski definition) is 4. The quantitative estimate of drug-likeness (QED) is 0.530. The van der Waals surface area contributed by atoms with Crippen LogP contribution in [-0.2, 0) is 9.59 Å². The molecule has 3 atom stereocenters. The molecular weight excluding hydrogens is 334 g/mol. The molecule has 2 aliphatic heterocycles. The summed E-state index contributed by atoms with van der Waals surface area (Å²) in [7, 11) is 0. The molecule has 2 aliphatic rings. The minimum Gasteiger partial charge on any atom is -0.354 e. The smallest absolute Gasteiger partial charge is 0.318 e. The summed E-state index contributed by atoms with van der Waals surface area (Å²) in [5.41, 5.74) is 4.99. The molecule has 24 heavy (non-hydrogen) atoms. The largest absolute Gasteiger partial charge is 0.354 e. The highest BCUT2D eigenvalue weighted by molar-refractivity contribution is 5.96. The van der Waals surface area contributed by atoms with Gasteiger partial charge in [0.2, 0.25) is 11.8 Å². The van der Waals surface area contributed by atoms with Crippen molar-refractivity contribution in [2.75, 3.05) is 26.2 Å². The van der Waals surface area contributed by atoms with Crippen molar-refractivity contribution in [3.63, 3.8) is 0 Å². The second-order valence-corrected chi connectivity index (χ2v) is 6.43. The van der Waals surface area contributed by atoms with E-state index in [2.05, 4.69) is 16.0 Å². The molecule has 4 amide bonds. The van der Waals surface area contributed by atoms with Crippen LogP contribution in [0.5, 0.6) is 0 Å². The van der Waals surface area contributed by atoms with Crippen molar-refractivity contribution in [2.45, 2.75) is 44.7 Å². The molecule has 0 aromatic heterocycles. The van der Waals surface area contributed by atoms with E-state index in [0.717, 1.165) is 45.3 Å². The maximum Gasteiger partial charge on any atom is 0.318 e. The average Bonchev–Trinajstić information content (AvgIpc) is 3.06. The summed E-state index contributed by atoms with van der Waals surface area (Å²) >= 11 is 0. The Balaban J connectivity index is 0.00000288. The van der Waals surface area contributed by atoms with Crippen molar-refractivity contribution < 1.29 is 14.4 Å². The molecule has 2 heterocycles. The summed E-state index contributed by atoms with van der Waals surface area (Å²) in [5.74, 6) is 0.00872. The molecule has 0 aromatic rings. The van der Waals surface area contributed by atoms with Crippen molar-refractivity contribution >= 4 is 30.3 Å². The molecule has 138 valence electrons. The van der Waals surface area contributed by atoms with Crippen molar-refractivity contribution in [3.8, 4) is 0 Å². The molecule has 9 heteroatoms. The number of carbonyl (C=O) groups excluding carboxylic acids is 3. The van der Waals surface area contributed by atoms with Crippen LogP contribution in [0, 0.1) is 5.92 Å².